The van der Waals surface area contributed by atoms with Crippen LogP contribution in [-0.4, -0.2) is 24.7 Å². The van der Waals surface area contributed by atoms with E-state index in [0.717, 1.165) is 6.42 Å². The molecule has 1 heterocycles. The second-order valence-electron chi connectivity index (χ2n) is 4.11. The van der Waals surface area contributed by atoms with Gasteiger partial charge in [0.05, 0.1) is 5.60 Å². The molecule has 1 rings (SSSR count). The Kier molecular flexibility index (Phi) is 2.73. The Morgan fingerprint density at radius 2 is 2.33 bits per heavy atom. The van der Waals surface area contributed by atoms with Crippen molar-refractivity contribution in [1.82, 2.24) is 5.32 Å². The molecule has 1 aliphatic heterocycles. The van der Waals surface area contributed by atoms with Crippen LogP contribution in [0.4, 0.5) is 0 Å². The summed E-state index contributed by atoms with van der Waals surface area (Å²) in [5.41, 5.74) is -0.151. The van der Waals surface area contributed by atoms with Gasteiger partial charge in [0.25, 0.3) is 0 Å². The van der Waals surface area contributed by atoms with E-state index < -0.39 is 0 Å². The fraction of sp³-hybridized carbons (Fsp3) is 0.889. The highest BCUT2D eigenvalue weighted by molar-refractivity contribution is 5.77. The maximum absolute atomic E-state index is 10.8. The molecule has 0 bridgehead atoms. The minimum Gasteiger partial charge on any atom is -0.364 e. The lowest BCUT2D eigenvalue weighted by Gasteiger charge is -2.35. The molecule has 1 N–H and O–H groups in total. The normalized spacial score (nSPS) is 30.5. The van der Waals surface area contributed by atoms with Gasteiger partial charge in [-0.05, 0) is 19.3 Å². The van der Waals surface area contributed by atoms with Crippen LogP contribution in [0.2, 0.25) is 0 Å². The lowest BCUT2D eigenvalue weighted by molar-refractivity contribution is -0.143. The van der Waals surface area contributed by atoms with Crippen LogP contribution in [-0.2, 0) is 9.53 Å². The molecule has 0 aliphatic carbocycles. The lowest BCUT2D eigenvalue weighted by Crippen LogP contribution is -2.51. The maximum atomic E-state index is 10.8. The molecule has 1 atom stereocenters. The summed E-state index contributed by atoms with van der Waals surface area (Å²) in [6.45, 7) is 7.22. The van der Waals surface area contributed by atoms with E-state index >= 15 is 0 Å². The smallest absolute Gasteiger partial charge is 0.246 e. The summed E-state index contributed by atoms with van der Waals surface area (Å²) in [4.78, 5) is 10.8. The molecule has 0 aromatic carbocycles. The number of morpholine rings is 1. The topological polar surface area (TPSA) is 38.3 Å². The van der Waals surface area contributed by atoms with Gasteiger partial charge in [-0.1, -0.05) is 13.8 Å². The van der Waals surface area contributed by atoms with E-state index in [1.807, 2.05) is 6.92 Å². The Labute approximate surface area is 73.5 Å². The van der Waals surface area contributed by atoms with Crippen molar-refractivity contribution in [2.75, 3.05) is 13.2 Å². The van der Waals surface area contributed by atoms with Gasteiger partial charge in [-0.3, -0.25) is 4.79 Å². The molecule has 0 aromatic rings. The van der Waals surface area contributed by atoms with Crippen LogP contribution in [0, 0.1) is 5.92 Å². The van der Waals surface area contributed by atoms with E-state index in [1.54, 1.807) is 0 Å². The predicted octanol–water partition coefficient (Wildman–Crippen LogP) is 0.938. The summed E-state index contributed by atoms with van der Waals surface area (Å²) in [5.74, 6) is 0.598. The van der Waals surface area contributed by atoms with Crippen molar-refractivity contribution in [3.8, 4) is 0 Å². The average Bonchev–Trinajstić information content (AvgIpc) is 1.94. The highest BCUT2D eigenvalue weighted by atomic mass is 16.5. The third-order valence-corrected chi connectivity index (χ3v) is 2.05. The summed E-state index contributed by atoms with van der Waals surface area (Å²) < 4.78 is 5.48. The monoisotopic (exact) mass is 171 g/mol. The summed E-state index contributed by atoms with van der Waals surface area (Å²) in [6, 6.07) is 0. The zero-order valence-corrected chi connectivity index (χ0v) is 8.02. The average molecular weight is 171 g/mol. The fourth-order valence-electron chi connectivity index (χ4n) is 1.62. The first kappa shape index (κ1) is 9.52. The van der Waals surface area contributed by atoms with Crippen molar-refractivity contribution in [1.29, 1.82) is 0 Å². The largest absolute Gasteiger partial charge is 0.364 e. The van der Waals surface area contributed by atoms with Crippen molar-refractivity contribution in [3.63, 3.8) is 0 Å². The molecular weight excluding hydrogens is 154 g/mol. The Morgan fingerprint density at radius 3 is 2.75 bits per heavy atom. The first-order chi connectivity index (χ1) is 5.52. The van der Waals surface area contributed by atoms with Gasteiger partial charge >= 0.3 is 0 Å². The molecule has 70 valence electrons. The zero-order valence-electron chi connectivity index (χ0n) is 8.02. The van der Waals surface area contributed by atoms with E-state index in [9.17, 15) is 4.79 Å². The number of nitrogens with one attached hydrogen (secondary N) is 1. The number of hydrogen-bond donors (Lipinski definition) is 1. The molecule has 1 saturated heterocycles. The van der Waals surface area contributed by atoms with Gasteiger partial charge in [-0.2, -0.15) is 0 Å². The molecule has 0 spiro atoms. The zero-order chi connectivity index (χ0) is 9.19. The van der Waals surface area contributed by atoms with Gasteiger partial charge in [0.15, 0.2) is 0 Å². The standard InChI is InChI=1S/C9H17NO2/c1-7(2)4-9(3)6-10-8(11)5-12-9/h7H,4-6H2,1-3H3,(H,10,11). The van der Waals surface area contributed by atoms with Crippen LogP contribution in [0.3, 0.4) is 0 Å². The molecule has 1 fully saturated rings. The van der Waals surface area contributed by atoms with E-state index in [0.29, 0.717) is 12.5 Å². The molecule has 12 heavy (non-hydrogen) atoms. The summed E-state index contributed by atoms with van der Waals surface area (Å²) in [7, 11) is 0. The minimum absolute atomic E-state index is 0.00349. The Morgan fingerprint density at radius 1 is 1.67 bits per heavy atom. The fourth-order valence-corrected chi connectivity index (χ4v) is 1.62. The van der Waals surface area contributed by atoms with E-state index in [1.165, 1.54) is 0 Å². The number of carbonyl (C=O) groups excluding carboxylic acids is 1. The van der Waals surface area contributed by atoms with E-state index in [4.69, 9.17) is 4.74 Å². The molecular formula is C9H17NO2. The van der Waals surface area contributed by atoms with Crippen molar-refractivity contribution in [2.45, 2.75) is 32.8 Å². The molecule has 0 aromatic heterocycles. The summed E-state index contributed by atoms with van der Waals surface area (Å²) in [5, 5.41) is 2.81. The van der Waals surface area contributed by atoms with Crippen molar-refractivity contribution >= 4 is 5.91 Å². The van der Waals surface area contributed by atoms with Gasteiger partial charge in [0.1, 0.15) is 6.61 Å². The van der Waals surface area contributed by atoms with Crippen LogP contribution in [0.5, 0.6) is 0 Å². The number of rotatable bonds is 2. The third kappa shape index (κ3) is 2.48. The second kappa shape index (κ2) is 3.44. The van der Waals surface area contributed by atoms with E-state index in [-0.39, 0.29) is 18.1 Å². The van der Waals surface area contributed by atoms with Crippen LogP contribution in [0.15, 0.2) is 0 Å². The van der Waals surface area contributed by atoms with Crippen LogP contribution in [0.25, 0.3) is 0 Å². The SMILES string of the molecule is CC(C)CC1(C)CNC(=O)CO1. The van der Waals surface area contributed by atoms with Gasteiger partial charge in [0, 0.05) is 6.54 Å². The molecule has 0 radical (unpaired) electrons. The Hall–Kier alpha value is -0.570. The quantitative estimate of drug-likeness (QED) is 0.671. The first-order valence-corrected chi connectivity index (χ1v) is 4.42. The number of hydrogen-bond acceptors (Lipinski definition) is 2. The molecule has 1 unspecified atom stereocenters. The Bertz CT molecular complexity index is 167. The predicted molar refractivity (Wildman–Crippen MR) is 46.8 cm³/mol. The highest BCUT2D eigenvalue weighted by Crippen LogP contribution is 2.21. The summed E-state index contributed by atoms with van der Waals surface area (Å²) in [6.07, 6.45) is 0.993. The lowest BCUT2D eigenvalue weighted by atomic mass is 9.93. The molecule has 0 saturated carbocycles. The highest BCUT2D eigenvalue weighted by Gasteiger charge is 2.31. The minimum atomic E-state index is -0.151. The van der Waals surface area contributed by atoms with Crippen molar-refractivity contribution in [2.24, 2.45) is 5.92 Å². The number of carbonyl (C=O) groups is 1. The maximum Gasteiger partial charge on any atom is 0.246 e. The Balaban J connectivity index is 2.44. The third-order valence-electron chi connectivity index (χ3n) is 2.05. The van der Waals surface area contributed by atoms with Crippen LogP contribution >= 0.6 is 0 Å². The van der Waals surface area contributed by atoms with Crippen LogP contribution in [0.1, 0.15) is 27.2 Å². The van der Waals surface area contributed by atoms with Crippen molar-refractivity contribution < 1.29 is 9.53 Å². The van der Waals surface area contributed by atoms with Gasteiger partial charge in [-0.15, -0.1) is 0 Å². The van der Waals surface area contributed by atoms with Gasteiger partial charge in [0.2, 0.25) is 5.91 Å². The first-order valence-electron chi connectivity index (χ1n) is 4.42. The number of amides is 1. The molecule has 1 amide bonds. The van der Waals surface area contributed by atoms with Crippen LogP contribution < -0.4 is 5.32 Å². The van der Waals surface area contributed by atoms with Crippen molar-refractivity contribution in [3.05, 3.63) is 0 Å². The molecule has 1 aliphatic rings. The van der Waals surface area contributed by atoms with E-state index in [2.05, 4.69) is 19.2 Å². The van der Waals surface area contributed by atoms with Gasteiger partial charge in [-0.25, -0.2) is 0 Å². The second-order valence-corrected chi connectivity index (χ2v) is 4.11. The number of ether oxygens (including phenoxy) is 1. The summed E-state index contributed by atoms with van der Waals surface area (Å²) >= 11 is 0. The molecule has 3 nitrogen and oxygen atoms in total. The molecule has 3 heteroatoms. The van der Waals surface area contributed by atoms with Gasteiger partial charge < -0.3 is 10.1 Å².